The van der Waals surface area contributed by atoms with Crippen LogP contribution in [0.25, 0.3) is 0 Å². The molecule has 1 fully saturated rings. The molecule has 0 spiro atoms. The maximum Gasteiger partial charge on any atom is 0.338 e. The molecule has 0 amide bonds. The first-order chi connectivity index (χ1) is 17.3. The van der Waals surface area contributed by atoms with E-state index >= 15 is 0 Å². The van der Waals surface area contributed by atoms with Gasteiger partial charge in [0.25, 0.3) is 0 Å². The molecule has 0 aromatic heterocycles. The summed E-state index contributed by atoms with van der Waals surface area (Å²) in [4.78, 5) is 13.0. The number of carbonyl (C=O) groups is 1. The molecule has 0 radical (unpaired) electrons. The zero-order valence-corrected chi connectivity index (χ0v) is 19.7. The summed E-state index contributed by atoms with van der Waals surface area (Å²) in [6.45, 7) is 0. The van der Waals surface area contributed by atoms with Crippen LogP contribution in [0.3, 0.4) is 0 Å². The summed E-state index contributed by atoms with van der Waals surface area (Å²) in [6.07, 6.45) is 2.93. The molecule has 0 unspecified atom stereocenters. The van der Waals surface area contributed by atoms with Crippen LogP contribution >= 0.6 is 0 Å². The van der Waals surface area contributed by atoms with E-state index in [9.17, 15) is 4.79 Å². The van der Waals surface area contributed by atoms with Crippen LogP contribution < -0.4 is 26.7 Å². The molecular weight excluding hydrogens is 458 g/mol. The topological polar surface area (TPSA) is 171 Å². The summed E-state index contributed by atoms with van der Waals surface area (Å²) < 4.78 is 17.7. The predicted octanol–water partition coefficient (Wildman–Crippen LogP) is 4.27. The molecule has 1 aliphatic rings. The SMILES string of the molecule is N=C(N)c1ccc(Oc2cc(Oc3ccc(C(=N)N)cc3)cc(C(=O)OC3CCC(N)CC3)c2)cc1. The molecule has 0 bridgehead atoms. The number of rotatable bonds is 8. The highest BCUT2D eigenvalue weighted by molar-refractivity contribution is 5.95. The van der Waals surface area contributed by atoms with Crippen molar-refractivity contribution in [1.29, 1.82) is 10.8 Å². The first-order valence-corrected chi connectivity index (χ1v) is 11.6. The first kappa shape index (κ1) is 24.7. The molecule has 4 rings (SSSR count). The minimum Gasteiger partial charge on any atom is -0.459 e. The summed E-state index contributed by atoms with van der Waals surface area (Å²) in [5.74, 6) is 1.21. The second-order valence-corrected chi connectivity index (χ2v) is 8.72. The maximum absolute atomic E-state index is 13.0. The normalized spacial score (nSPS) is 17.1. The van der Waals surface area contributed by atoms with Gasteiger partial charge in [-0.05, 0) is 86.3 Å². The predicted molar refractivity (Wildman–Crippen MR) is 137 cm³/mol. The average Bonchev–Trinajstić information content (AvgIpc) is 2.86. The third-order valence-corrected chi connectivity index (χ3v) is 5.91. The quantitative estimate of drug-likeness (QED) is 0.179. The molecule has 0 atom stereocenters. The Morgan fingerprint density at radius 1 is 0.667 bits per heavy atom. The van der Waals surface area contributed by atoms with Crippen molar-refractivity contribution in [2.45, 2.75) is 37.8 Å². The number of benzene rings is 3. The Kier molecular flexibility index (Phi) is 7.50. The van der Waals surface area contributed by atoms with Crippen molar-refractivity contribution in [2.75, 3.05) is 0 Å². The molecule has 0 aliphatic heterocycles. The van der Waals surface area contributed by atoms with E-state index in [1.165, 1.54) is 0 Å². The van der Waals surface area contributed by atoms with Gasteiger partial charge in [-0.2, -0.15) is 0 Å². The van der Waals surface area contributed by atoms with Crippen LogP contribution in [0.1, 0.15) is 47.2 Å². The van der Waals surface area contributed by atoms with Crippen molar-refractivity contribution in [2.24, 2.45) is 17.2 Å². The van der Waals surface area contributed by atoms with Crippen molar-refractivity contribution in [3.8, 4) is 23.0 Å². The van der Waals surface area contributed by atoms with Crippen LogP contribution in [-0.4, -0.2) is 29.8 Å². The van der Waals surface area contributed by atoms with Gasteiger partial charge in [0.15, 0.2) is 0 Å². The monoisotopic (exact) mass is 487 g/mol. The van der Waals surface area contributed by atoms with Crippen molar-refractivity contribution < 1.29 is 19.0 Å². The Balaban J connectivity index is 1.58. The third kappa shape index (κ3) is 6.39. The van der Waals surface area contributed by atoms with E-state index in [2.05, 4.69) is 0 Å². The maximum atomic E-state index is 13.0. The molecule has 36 heavy (non-hydrogen) atoms. The number of hydrogen-bond donors (Lipinski definition) is 5. The Bertz CT molecular complexity index is 1170. The van der Waals surface area contributed by atoms with E-state index < -0.39 is 5.97 Å². The van der Waals surface area contributed by atoms with Gasteiger partial charge in [-0.25, -0.2) is 4.79 Å². The number of amidine groups is 2. The minimum atomic E-state index is -0.468. The Morgan fingerprint density at radius 3 is 1.53 bits per heavy atom. The van der Waals surface area contributed by atoms with Gasteiger partial charge in [0.05, 0.1) is 5.56 Å². The second-order valence-electron chi connectivity index (χ2n) is 8.72. The van der Waals surface area contributed by atoms with Gasteiger partial charge >= 0.3 is 5.97 Å². The molecule has 8 N–H and O–H groups in total. The average molecular weight is 488 g/mol. The van der Waals surface area contributed by atoms with Crippen molar-refractivity contribution in [1.82, 2.24) is 0 Å². The van der Waals surface area contributed by atoms with Crippen LogP contribution in [0, 0.1) is 10.8 Å². The third-order valence-electron chi connectivity index (χ3n) is 5.91. The van der Waals surface area contributed by atoms with Crippen molar-refractivity contribution in [3.63, 3.8) is 0 Å². The van der Waals surface area contributed by atoms with Gasteiger partial charge in [-0.3, -0.25) is 10.8 Å². The fourth-order valence-electron chi connectivity index (χ4n) is 3.91. The first-order valence-electron chi connectivity index (χ1n) is 11.6. The molecule has 1 saturated carbocycles. The minimum absolute atomic E-state index is 0.0403. The van der Waals surface area contributed by atoms with Crippen LogP contribution in [0.2, 0.25) is 0 Å². The summed E-state index contributed by atoms with van der Waals surface area (Å²) in [5.41, 5.74) is 18.4. The largest absolute Gasteiger partial charge is 0.459 e. The van der Waals surface area contributed by atoms with E-state index in [1.54, 1.807) is 66.7 Å². The highest BCUT2D eigenvalue weighted by Crippen LogP contribution is 2.32. The van der Waals surface area contributed by atoms with Crippen LogP contribution in [0.15, 0.2) is 66.7 Å². The number of ether oxygens (including phenoxy) is 3. The molecule has 0 heterocycles. The summed E-state index contributed by atoms with van der Waals surface area (Å²) in [5, 5.41) is 15.1. The van der Waals surface area contributed by atoms with E-state index in [0.717, 1.165) is 25.7 Å². The number of carbonyl (C=O) groups excluding carboxylic acids is 1. The number of nitrogens with two attached hydrogens (primary N) is 3. The highest BCUT2D eigenvalue weighted by atomic mass is 16.5. The van der Waals surface area contributed by atoms with Gasteiger partial charge in [-0.1, -0.05) is 0 Å². The number of hydrogen-bond acceptors (Lipinski definition) is 7. The zero-order chi connectivity index (χ0) is 25.7. The van der Waals surface area contributed by atoms with Gasteiger partial charge in [0.1, 0.15) is 40.8 Å². The fraction of sp³-hybridized carbons (Fsp3) is 0.222. The molecule has 9 nitrogen and oxygen atoms in total. The molecule has 3 aromatic rings. The lowest BCUT2D eigenvalue weighted by Gasteiger charge is -2.26. The van der Waals surface area contributed by atoms with Gasteiger partial charge < -0.3 is 31.4 Å². The lowest BCUT2D eigenvalue weighted by molar-refractivity contribution is 0.0196. The number of esters is 1. The summed E-state index contributed by atoms with van der Waals surface area (Å²) >= 11 is 0. The van der Waals surface area contributed by atoms with Crippen molar-refractivity contribution >= 4 is 17.6 Å². The second kappa shape index (κ2) is 10.9. The van der Waals surface area contributed by atoms with Gasteiger partial charge in [0, 0.05) is 23.2 Å². The molecule has 186 valence electrons. The molecule has 9 heteroatoms. The summed E-state index contributed by atoms with van der Waals surface area (Å²) in [6, 6.07) is 18.5. The summed E-state index contributed by atoms with van der Waals surface area (Å²) in [7, 11) is 0. The Labute approximate surface area is 209 Å². The molecular formula is C27H29N5O4. The highest BCUT2D eigenvalue weighted by Gasteiger charge is 2.23. The Hall–Kier alpha value is -4.37. The van der Waals surface area contributed by atoms with Crippen LogP contribution in [0.5, 0.6) is 23.0 Å². The Morgan fingerprint density at radius 2 is 1.11 bits per heavy atom. The van der Waals surface area contributed by atoms with E-state index in [4.69, 9.17) is 42.2 Å². The van der Waals surface area contributed by atoms with Crippen LogP contribution in [0.4, 0.5) is 0 Å². The molecule has 0 saturated heterocycles. The van der Waals surface area contributed by atoms with E-state index in [1.807, 2.05) is 0 Å². The molecule has 3 aromatic carbocycles. The van der Waals surface area contributed by atoms with Crippen molar-refractivity contribution in [3.05, 3.63) is 83.4 Å². The standard InChI is InChI=1S/C27H29N5O4/c28-19-5-11-22(12-6-19)36-27(33)18-13-23(34-20-7-1-16(2-8-20)25(29)30)15-24(14-18)35-21-9-3-17(4-10-21)26(31)32/h1-4,7-10,13-15,19,22H,5-6,11-12,28H2,(H3,29,30)(H3,31,32). The zero-order valence-electron chi connectivity index (χ0n) is 19.7. The van der Waals surface area contributed by atoms with Gasteiger partial charge in [-0.15, -0.1) is 0 Å². The van der Waals surface area contributed by atoms with E-state index in [-0.39, 0.29) is 29.4 Å². The van der Waals surface area contributed by atoms with E-state index in [0.29, 0.717) is 34.1 Å². The smallest absolute Gasteiger partial charge is 0.338 e. The fourth-order valence-corrected chi connectivity index (χ4v) is 3.91. The number of nitrogens with one attached hydrogen (secondary N) is 2. The van der Waals surface area contributed by atoms with Gasteiger partial charge in [0.2, 0.25) is 0 Å². The number of nitrogen functional groups attached to an aromatic ring is 2. The molecule has 1 aliphatic carbocycles. The lowest BCUT2D eigenvalue weighted by atomic mass is 9.94. The van der Waals surface area contributed by atoms with Crippen LogP contribution in [-0.2, 0) is 4.74 Å². The lowest BCUT2D eigenvalue weighted by Crippen LogP contribution is -2.31.